The van der Waals surface area contributed by atoms with Gasteiger partial charge in [-0.2, -0.15) is 0 Å². The maximum absolute atomic E-state index is 11.8. The summed E-state index contributed by atoms with van der Waals surface area (Å²) in [5.41, 5.74) is -0.0261. The summed E-state index contributed by atoms with van der Waals surface area (Å²) in [5, 5.41) is 19.4. The molecule has 0 saturated carbocycles. The zero-order valence-corrected chi connectivity index (χ0v) is 15.5. The summed E-state index contributed by atoms with van der Waals surface area (Å²) in [6, 6.07) is 0.723. The number of rotatable bonds is 6. The van der Waals surface area contributed by atoms with Gasteiger partial charge in [0.2, 0.25) is 9.04 Å². The lowest BCUT2D eigenvalue weighted by atomic mass is 10.1. The van der Waals surface area contributed by atoms with Crippen molar-refractivity contribution in [2.75, 3.05) is 6.61 Å². The molecule has 0 amide bonds. The number of aliphatic carboxylic acids is 2. The van der Waals surface area contributed by atoms with Crippen LogP contribution in [-0.2, 0) is 14.0 Å². The third-order valence-electron chi connectivity index (χ3n) is 4.05. The van der Waals surface area contributed by atoms with E-state index in [-0.39, 0.29) is 16.3 Å². The fraction of sp³-hybridized carbons (Fsp3) is 0.714. The van der Waals surface area contributed by atoms with Crippen LogP contribution in [-0.4, -0.2) is 45.9 Å². The van der Waals surface area contributed by atoms with E-state index in [1.165, 1.54) is 0 Å². The maximum Gasteiger partial charge on any atom is 0.331 e. The van der Waals surface area contributed by atoms with Crippen molar-refractivity contribution in [1.29, 1.82) is 0 Å². The average molecular weight is 331 g/mol. The summed E-state index contributed by atoms with van der Waals surface area (Å²) in [5.74, 6) is -2.17. The van der Waals surface area contributed by atoms with E-state index in [2.05, 4.69) is 19.6 Å². The van der Waals surface area contributed by atoms with Gasteiger partial charge in [0.25, 0.3) is 0 Å². The van der Waals surface area contributed by atoms with Gasteiger partial charge in [-0.3, -0.25) is 0 Å². The van der Waals surface area contributed by atoms with Crippen LogP contribution >= 0.6 is 0 Å². The molecule has 2 atom stereocenters. The first-order chi connectivity index (χ1) is 9.70. The average Bonchev–Trinajstić information content (AvgIpc) is 2.37. The molecule has 1 saturated heterocycles. The highest BCUT2D eigenvalue weighted by atomic mass is 28.3. The Hall–Kier alpha value is -0.926. The monoisotopic (exact) mass is 330 g/mol. The third kappa shape index (κ3) is 4.52. The molecule has 1 heterocycles. The molecule has 2 N–H and O–H groups in total. The van der Waals surface area contributed by atoms with Crippen molar-refractivity contribution in [3.8, 4) is 0 Å². The topological polar surface area (TPSA) is 83.8 Å². The molecule has 0 aromatic carbocycles. The second-order valence-electron chi connectivity index (χ2n) is 6.62. The van der Waals surface area contributed by atoms with Crippen LogP contribution in [0.4, 0.5) is 0 Å². The van der Waals surface area contributed by atoms with Crippen molar-refractivity contribution in [3.05, 3.63) is 10.8 Å². The van der Waals surface area contributed by atoms with Crippen LogP contribution in [0.25, 0.3) is 0 Å². The van der Waals surface area contributed by atoms with Gasteiger partial charge < -0.3 is 14.6 Å². The van der Waals surface area contributed by atoms with Gasteiger partial charge in [0.1, 0.15) is 0 Å². The van der Waals surface area contributed by atoms with Crippen LogP contribution in [0, 0.1) is 0 Å². The minimum absolute atomic E-state index is 0.108. The Balaban J connectivity index is 3.40. The van der Waals surface area contributed by atoms with E-state index in [1.807, 2.05) is 6.92 Å². The number of hydrogen-bond donors (Lipinski definition) is 2. The van der Waals surface area contributed by atoms with Gasteiger partial charge >= 0.3 is 11.9 Å². The molecule has 1 rings (SSSR count). The molecule has 2 unspecified atom stereocenters. The molecule has 21 heavy (non-hydrogen) atoms. The second-order valence-corrected chi connectivity index (χ2v) is 14.5. The summed E-state index contributed by atoms with van der Waals surface area (Å²) in [7, 11) is -3.95. The molecule has 0 bridgehead atoms. The van der Waals surface area contributed by atoms with E-state index in [4.69, 9.17) is 4.43 Å². The lowest BCUT2D eigenvalue weighted by Gasteiger charge is -2.31. The minimum Gasteiger partial charge on any atom is -0.478 e. The van der Waals surface area contributed by atoms with E-state index >= 15 is 0 Å². The fourth-order valence-electron chi connectivity index (χ4n) is 3.10. The van der Waals surface area contributed by atoms with E-state index in [0.29, 0.717) is 13.0 Å². The summed E-state index contributed by atoms with van der Waals surface area (Å²) >= 11 is 0. The Labute approximate surface area is 128 Å². The van der Waals surface area contributed by atoms with Crippen molar-refractivity contribution in [2.45, 2.75) is 57.4 Å². The van der Waals surface area contributed by atoms with Crippen molar-refractivity contribution in [2.24, 2.45) is 0 Å². The first-order valence-corrected chi connectivity index (χ1v) is 13.0. The summed E-state index contributed by atoms with van der Waals surface area (Å²) in [6.07, 6.45) is 2.53. The molecule has 0 radical (unpaired) electrons. The summed E-state index contributed by atoms with van der Waals surface area (Å²) in [4.78, 5) is 23.5. The van der Waals surface area contributed by atoms with Gasteiger partial charge in [-0.25, -0.2) is 9.59 Å². The fourth-order valence-corrected chi connectivity index (χ4v) is 8.31. The Kier molecular flexibility index (Phi) is 6.36. The first kappa shape index (κ1) is 18.1. The largest absolute Gasteiger partial charge is 0.478 e. The standard InChI is InChI=1S/C14H26O5Si2/c1-5-10(21(2,3)4)11(13(15)16)12(14(17)18)20-9-7-6-8-19-20/h10,20H,5-9H2,1-4H3,(H,15,16)(H,17,18). The van der Waals surface area contributed by atoms with Crippen LogP contribution in [0.1, 0.15) is 26.2 Å². The van der Waals surface area contributed by atoms with Crippen LogP contribution < -0.4 is 0 Å². The number of hydrogen-bond acceptors (Lipinski definition) is 3. The van der Waals surface area contributed by atoms with Gasteiger partial charge in [0, 0.05) is 12.2 Å². The molecule has 120 valence electrons. The van der Waals surface area contributed by atoms with Crippen LogP contribution in [0.3, 0.4) is 0 Å². The highest BCUT2D eigenvalue weighted by Gasteiger charge is 2.39. The number of carboxylic acid groups (broad SMARTS) is 2. The predicted molar refractivity (Wildman–Crippen MR) is 86.8 cm³/mol. The van der Waals surface area contributed by atoms with Crippen molar-refractivity contribution in [3.63, 3.8) is 0 Å². The van der Waals surface area contributed by atoms with E-state index in [1.54, 1.807) is 0 Å². The molecule has 1 aliphatic heterocycles. The number of carbonyl (C=O) groups is 2. The van der Waals surface area contributed by atoms with Crippen molar-refractivity contribution < 1.29 is 24.2 Å². The van der Waals surface area contributed by atoms with Crippen LogP contribution in [0.5, 0.6) is 0 Å². The highest BCUT2D eigenvalue weighted by Crippen LogP contribution is 2.36. The Morgan fingerprint density at radius 1 is 1.19 bits per heavy atom. The molecule has 0 aromatic rings. The van der Waals surface area contributed by atoms with Gasteiger partial charge in [-0.1, -0.05) is 39.4 Å². The molecule has 1 fully saturated rings. The van der Waals surface area contributed by atoms with E-state index in [0.717, 1.165) is 18.9 Å². The zero-order chi connectivity index (χ0) is 16.2. The van der Waals surface area contributed by atoms with Crippen LogP contribution in [0.2, 0.25) is 31.2 Å². The summed E-state index contributed by atoms with van der Waals surface area (Å²) in [6.45, 7) is 8.77. The van der Waals surface area contributed by atoms with Gasteiger partial charge in [0.05, 0.1) is 13.3 Å². The normalized spacial score (nSPS) is 22.4. The molecule has 0 aromatic heterocycles. The van der Waals surface area contributed by atoms with Gasteiger partial charge in [-0.15, -0.1) is 0 Å². The van der Waals surface area contributed by atoms with Crippen molar-refractivity contribution in [1.82, 2.24) is 0 Å². The maximum atomic E-state index is 11.8. The molecule has 7 heteroatoms. The third-order valence-corrected chi connectivity index (χ3v) is 9.62. The highest BCUT2D eigenvalue weighted by molar-refractivity contribution is 6.79. The zero-order valence-electron chi connectivity index (χ0n) is 13.3. The second kappa shape index (κ2) is 7.37. The molecular weight excluding hydrogens is 304 g/mol. The Morgan fingerprint density at radius 2 is 1.81 bits per heavy atom. The van der Waals surface area contributed by atoms with E-state index < -0.39 is 29.1 Å². The first-order valence-electron chi connectivity index (χ1n) is 7.52. The molecule has 0 aliphatic carbocycles. The molecular formula is C14H26O5Si2. The predicted octanol–water partition coefficient (Wildman–Crippen LogP) is 2.64. The van der Waals surface area contributed by atoms with Crippen LogP contribution in [0.15, 0.2) is 10.8 Å². The van der Waals surface area contributed by atoms with Crippen molar-refractivity contribution >= 4 is 29.1 Å². The smallest absolute Gasteiger partial charge is 0.331 e. The molecule has 1 aliphatic rings. The minimum atomic E-state index is -2.13. The Bertz CT molecular complexity index is 433. The van der Waals surface area contributed by atoms with E-state index in [9.17, 15) is 19.8 Å². The summed E-state index contributed by atoms with van der Waals surface area (Å²) < 4.78 is 5.69. The molecule has 5 nitrogen and oxygen atoms in total. The Morgan fingerprint density at radius 3 is 2.14 bits per heavy atom. The SMILES string of the molecule is CCC(C(C(=O)O)=C(C(=O)O)[SiH]1CCCCO1)[Si](C)(C)C. The lowest BCUT2D eigenvalue weighted by molar-refractivity contribution is -0.135. The lowest BCUT2D eigenvalue weighted by Crippen LogP contribution is -2.38. The number of carboxylic acids is 2. The molecule has 0 spiro atoms. The van der Waals surface area contributed by atoms with Gasteiger partial charge in [-0.05, 0) is 18.0 Å². The van der Waals surface area contributed by atoms with Gasteiger partial charge in [0.15, 0.2) is 0 Å². The quantitative estimate of drug-likeness (QED) is 0.578.